The zero-order valence-electron chi connectivity index (χ0n) is 17.0. The van der Waals surface area contributed by atoms with Crippen molar-refractivity contribution < 1.29 is 27.9 Å². The van der Waals surface area contributed by atoms with Gasteiger partial charge < -0.3 is 20.5 Å². The Morgan fingerprint density at radius 2 is 1.77 bits per heavy atom. The van der Waals surface area contributed by atoms with Crippen molar-refractivity contribution in [3.05, 3.63) is 48.0 Å². The van der Waals surface area contributed by atoms with Gasteiger partial charge in [0.05, 0.1) is 29.5 Å². The Labute approximate surface area is 176 Å². The average Bonchev–Trinajstić information content (AvgIpc) is 2.74. The van der Waals surface area contributed by atoms with Crippen molar-refractivity contribution in [2.75, 3.05) is 24.2 Å². The molecular formula is C21H26N2O6S. The Bertz CT molecular complexity index is 987. The van der Waals surface area contributed by atoms with E-state index in [1.54, 1.807) is 24.3 Å². The van der Waals surface area contributed by atoms with E-state index in [0.717, 1.165) is 12.8 Å². The molecule has 30 heavy (non-hydrogen) atoms. The lowest BCUT2D eigenvalue weighted by molar-refractivity contribution is -0.115. The topological polar surface area (TPSA) is 122 Å². The minimum absolute atomic E-state index is 0.0108. The van der Waals surface area contributed by atoms with Crippen LogP contribution in [0.15, 0.2) is 47.4 Å². The third-order valence-corrected chi connectivity index (χ3v) is 6.01. The van der Waals surface area contributed by atoms with Crippen molar-refractivity contribution in [3.63, 3.8) is 0 Å². The molecule has 0 atom stereocenters. The molecule has 0 unspecified atom stereocenters. The molecule has 0 fully saturated rings. The molecule has 2 aromatic carbocycles. The van der Waals surface area contributed by atoms with Crippen LogP contribution in [0.25, 0.3) is 0 Å². The minimum Gasteiger partial charge on any atom is -0.506 e. The van der Waals surface area contributed by atoms with Gasteiger partial charge >= 0.3 is 0 Å². The number of benzene rings is 2. The fourth-order valence-electron chi connectivity index (χ4n) is 2.47. The number of carbonyl (C=O) groups is 2. The molecule has 0 aliphatic heterocycles. The Hall–Kier alpha value is -3.07. The summed E-state index contributed by atoms with van der Waals surface area (Å²) in [5.74, 6) is -0.775. The highest BCUT2D eigenvalue weighted by atomic mass is 32.2. The van der Waals surface area contributed by atoms with Gasteiger partial charge in [-0.05, 0) is 48.9 Å². The zero-order valence-corrected chi connectivity index (χ0v) is 17.8. The number of amides is 2. The first-order valence-electron chi connectivity index (χ1n) is 9.63. The molecule has 0 radical (unpaired) electrons. The molecule has 2 amide bonds. The number of hydrogen-bond acceptors (Lipinski definition) is 6. The van der Waals surface area contributed by atoms with Gasteiger partial charge in [-0.2, -0.15) is 0 Å². The molecule has 0 spiro atoms. The molecule has 9 heteroatoms. The van der Waals surface area contributed by atoms with Gasteiger partial charge in [0.1, 0.15) is 11.5 Å². The summed E-state index contributed by atoms with van der Waals surface area (Å²) in [6, 6.07) is 10.2. The van der Waals surface area contributed by atoms with Crippen LogP contribution in [0.5, 0.6) is 11.5 Å². The summed E-state index contributed by atoms with van der Waals surface area (Å²) in [7, 11) is -3.49. The van der Waals surface area contributed by atoms with E-state index in [9.17, 15) is 23.1 Å². The number of phenols is 1. The first kappa shape index (κ1) is 23.2. The van der Waals surface area contributed by atoms with Gasteiger partial charge in [-0.15, -0.1) is 0 Å². The van der Waals surface area contributed by atoms with E-state index in [0.29, 0.717) is 17.9 Å². The van der Waals surface area contributed by atoms with Gasteiger partial charge in [-0.25, -0.2) is 8.42 Å². The number of aromatic hydroxyl groups is 1. The number of unbranched alkanes of at least 4 members (excludes halogenated alkanes) is 1. The smallest absolute Gasteiger partial charge is 0.251 e. The molecule has 0 aromatic heterocycles. The summed E-state index contributed by atoms with van der Waals surface area (Å²) in [5, 5.41) is 14.8. The van der Waals surface area contributed by atoms with E-state index in [2.05, 4.69) is 17.6 Å². The first-order valence-corrected chi connectivity index (χ1v) is 11.3. The van der Waals surface area contributed by atoms with Crippen molar-refractivity contribution in [1.82, 2.24) is 5.32 Å². The highest BCUT2D eigenvalue weighted by Crippen LogP contribution is 2.26. The number of carbonyl (C=O) groups excluding carboxylic acids is 2. The molecule has 0 heterocycles. The summed E-state index contributed by atoms with van der Waals surface area (Å²) < 4.78 is 29.5. The maximum Gasteiger partial charge on any atom is 0.251 e. The summed E-state index contributed by atoms with van der Waals surface area (Å²) in [5.41, 5.74) is 0.321. The Balaban J connectivity index is 1.93. The maximum atomic E-state index is 12.2. The molecule has 0 saturated heterocycles. The summed E-state index contributed by atoms with van der Waals surface area (Å²) in [4.78, 5) is 24.3. The number of ether oxygens (including phenoxy) is 1. The van der Waals surface area contributed by atoms with Crippen molar-refractivity contribution in [2.24, 2.45) is 0 Å². The fourth-order valence-corrected chi connectivity index (χ4v) is 3.38. The Morgan fingerprint density at radius 1 is 1.07 bits per heavy atom. The van der Waals surface area contributed by atoms with E-state index in [1.807, 2.05) is 0 Å². The van der Waals surface area contributed by atoms with Crippen LogP contribution in [0.3, 0.4) is 0 Å². The minimum atomic E-state index is -3.49. The van der Waals surface area contributed by atoms with Crippen LogP contribution in [0.4, 0.5) is 5.69 Å². The number of nitrogens with one attached hydrogen (secondary N) is 2. The maximum absolute atomic E-state index is 12.2. The standard InChI is InChI=1S/C21H26N2O6S/c1-3-5-12-29-16-8-6-15(7-9-16)21(26)22-14-20(25)23-18-13-17(10-11-19(18)24)30(27,28)4-2/h6-11,13,24H,3-5,12,14H2,1-2H3,(H,22,26)(H,23,25). The van der Waals surface area contributed by atoms with Gasteiger partial charge in [-0.1, -0.05) is 20.3 Å². The van der Waals surface area contributed by atoms with Gasteiger partial charge in [0.2, 0.25) is 5.91 Å². The SMILES string of the molecule is CCCCOc1ccc(C(=O)NCC(=O)Nc2cc(S(=O)(=O)CC)ccc2O)cc1. The van der Waals surface area contributed by atoms with Crippen LogP contribution in [0, 0.1) is 0 Å². The number of sulfone groups is 1. The predicted molar refractivity (Wildman–Crippen MR) is 114 cm³/mol. The third-order valence-electron chi connectivity index (χ3n) is 4.27. The summed E-state index contributed by atoms with van der Waals surface area (Å²) in [6.45, 7) is 3.82. The van der Waals surface area contributed by atoms with Crippen LogP contribution >= 0.6 is 0 Å². The largest absolute Gasteiger partial charge is 0.506 e. The second kappa shape index (κ2) is 10.6. The van der Waals surface area contributed by atoms with Crippen molar-refractivity contribution in [1.29, 1.82) is 0 Å². The molecule has 2 rings (SSSR count). The molecule has 0 aliphatic rings. The van der Waals surface area contributed by atoms with Crippen molar-refractivity contribution in [2.45, 2.75) is 31.6 Å². The Morgan fingerprint density at radius 3 is 2.40 bits per heavy atom. The van der Waals surface area contributed by atoms with Gasteiger partial charge in [0, 0.05) is 5.56 Å². The lowest BCUT2D eigenvalue weighted by Crippen LogP contribution is -2.32. The molecule has 2 aromatic rings. The lowest BCUT2D eigenvalue weighted by atomic mass is 10.2. The normalized spacial score (nSPS) is 11.0. The molecule has 0 bridgehead atoms. The Kier molecular flexibility index (Phi) is 8.23. The highest BCUT2D eigenvalue weighted by molar-refractivity contribution is 7.91. The number of anilines is 1. The van der Waals surface area contributed by atoms with E-state index in [1.165, 1.54) is 25.1 Å². The number of hydrogen-bond donors (Lipinski definition) is 3. The van der Waals surface area contributed by atoms with Crippen LogP contribution in [-0.2, 0) is 14.6 Å². The van der Waals surface area contributed by atoms with Gasteiger partial charge in [0.15, 0.2) is 9.84 Å². The quantitative estimate of drug-likeness (QED) is 0.390. The second-order valence-electron chi connectivity index (χ2n) is 6.54. The van der Waals surface area contributed by atoms with E-state index < -0.39 is 21.7 Å². The zero-order chi connectivity index (χ0) is 22.1. The van der Waals surface area contributed by atoms with Gasteiger partial charge in [-0.3, -0.25) is 9.59 Å². The lowest BCUT2D eigenvalue weighted by Gasteiger charge is -2.11. The van der Waals surface area contributed by atoms with E-state index in [-0.39, 0.29) is 28.6 Å². The average molecular weight is 435 g/mol. The van der Waals surface area contributed by atoms with E-state index >= 15 is 0 Å². The highest BCUT2D eigenvalue weighted by Gasteiger charge is 2.16. The van der Waals surface area contributed by atoms with Crippen LogP contribution in [-0.4, -0.2) is 44.2 Å². The third kappa shape index (κ3) is 6.48. The molecule has 0 aliphatic carbocycles. The fraction of sp³-hybridized carbons (Fsp3) is 0.333. The van der Waals surface area contributed by atoms with Crippen LogP contribution < -0.4 is 15.4 Å². The predicted octanol–water partition coefficient (Wildman–Crippen LogP) is 2.73. The molecule has 0 saturated carbocycles. The summed E-state index contributed by atoms with van der Waals surface area (Å²) >= 11 is 0. The monoisotopic (exact) mass is 434 g/mol. The number of phenolic OH excluding ortho intramolecular Hbond substituents is 1. The van der Waals surface area contributed by atoms with E-state index in [4.69, 9.17) is 4.74 Å². The van der Waals surface area contributed by atoms with Crippen molar-refractivity contribution >= 4 is 27.3 Å². The van der Waals surface area contributed by atoms with Crippen LogP contribution in [0.2, 0.25) is 0 Å². The summed E-state index contributed by atoms with van der Waals surface area (Å²) in [6.07, 6.45) is 1.97. The first-order chi connectivity index (χ1) is 14.3. The molecule has 3 N–H and O–H groups in total. The molecule has 162 valence electrons. The van der Waals surface area contributed by atoms with Crippen molar-refractivity contribution in [3.8, 4) is 11.5 Å². The molecule has 8 nitrogen and oxygen atoms in total. The van der Waals surface area contributed by atoms with Crippen LogP contribution in [0.1, 0.15) is 37.0 Å². The second-order valence-corrected chi connectivity index (χ2v) is 8.82. The molecular weight excluding hydrogens is 408 g/mol. The van der Waals surface area contributed by atoms with Gasteiger partial charge in [0.25, 0.3) is 5.91 Å². The number of rotatable bonds is 10.